The van der Waals surface area contributed by atoms with Crippen molar-refractivity contribution in [2.45, 2.75) is 20.0 Å². The van der Waals surface area contributed by atoms with Crippen LogP contribution in [0.5, 0.6) is 0 Å². The number of nitrogens with two attached hydrogens (primary N) is 1. The molecule has 3 heteroatoms. The lowest BCUT2D eigenvalue weighted by Crippen LogP contribution is -2.24. The molecule has 0 amide bonds. The molecule has 0 aromatic heterocycles. The number of para-hydroxylation sites is 1. The molecule has 0 saturated carbocycles. The number of hydrogen-bond acceptors (Lipinski definition) is 3. The van der Waals surface area contributed by atoms with E-state index in [-0.39, 0.29) is 6.54 Å². The van der Waals surface area contributed by atoms with E-state index in [1.807, 2.05) is 24.3 Å². The molecule has 3 nitrogen and oxygen atoms in total. The Balaban J connectivity index is 3.04. The highest BCUT2D eigenvalue weighted by Gasteiger charge is 2.13. The number of anilines is 1. The Bertz CT molecular complexity index is 297. The molecule has 15 heavy (non-hydrogen) atoms. The molecule has 1 unspecified atom stereocenters. The topological polar surface area (TPSA) is 49.5 Å². The zero-order chi connectivity index (χ0) is 11.3. The van der Waals surface area contributed by atoms with E-state index in [0.29, 0.717) is 0 Å². The molecule has 0 heterocycles. The molecule has 0 aliphatic heterocycles. The third kappa shape index (κ3) is 2.70. The van der Waals surface area contributed by atoms with Gasteiger partial charge in [-0.3, -0.25) is 0 Å². The number of aliphatic hydroxyl groups excluding tert-OH is 1. The molecule has 0 bridgehead atoms. The van der Waals surface area contributed by atoms with Gasteiger partial charge in [-0.1, -0.05) is 18.2 Å². The third-order valence-electron chi connectivity index (χ3n) is 2.62. The summed E-state index contributed by atoms with van der Waals surface area (Å²) in [5, 5.41) is 9.80. The lowest BCUT2D eigenvalue weighted by Gasteiger charge is -2.25. The van der Waals surface area contributed by atoms with Gasteiger partial charge in [0.2, 0.25) is 0 Å². The van der Waals surface area contributed by atoms with Crippen LogP contribution >= 0.6 is 0 Å². The van der Waals surface area contributed by atoms with E-state index in [1.54, 1.807) is 0 Å². The van der Waals surface area contributed by atoms with Crippen LogP contribution < -0.4 is 10.6 Å². The van der Waals surface area contributed by atoms with Crippen molar-refractivity contribution in [1.29, 1.82) is 0 Å². The Kier molecular flexibility index (Phi) is 4.59. The molecule has 0 radical (unpaired) electrons. The molecule has 0 saturated heterocycles. The normalized spacial score (nSPS) is 12.5. The predicted octanol–water partition coefficient (Wildman–Crippen LogP) is 1.52. The summed E-state index contributed by atoms with van der Waals surface area (Å²) in [4.78, 5) is 2.22. The number of hydrogen-bond donors (Lipinski definition) is 2. The molecule has 3 N–H and O–H groups in total. The molecule has 0 spiro atoms. The fraction of sp³-hybridized carbons (Fsp3) is 0.500. The van der Waals surface area contributed by atoms with E-state index in [2.05, 4.69) is 18.7 Å². The summed E-state index contributed by atoms with van der Waals surface area (Å²) < 4.78 is 0. The van der Waals surface area contributed by atoms with Gasteiger partial charge in [0.15, 0.2) is 0 Å². The molecular formula is C12H20N2O. The molecule has 1 atom stereocenters. The number of benzene rings is 1. The van der Waals surface area contributed by atoms with Crippen LogP contribution in [0, 0.1) is 0 Å². The highest BCUT2D eigenvalue weighted by molar-refractivity contribution is 5.54. The van der Waals surface area contributed by atoms with Gasteiger partial charge >= 0.3 is 0 Å². The second-order valence-electron chi connectivity index (χ2n) is 3.48. The average molecular weight is 208 g/mol. The second-order valence-corrected chi connectivity index (χ2v) is 3.48. The van der Waals surface area contributed by atoms with Crippen molar-refractivity contribution in [2.24, 2.45) is 5.73 Å². The van der Waals surface area contributed by atoms with Crippen molar-refractivity contribution in [2.75, 3.05) is 24.5 Å². The van der Waals surface area contributed by atoms with Gasteiger partial charge in [0.25, 0.3) is 0 Å². The second kappa shape index (κ2) is 5.73. The highest BCUT2D eigenvalue weighted by atomic mass is 16.3. The van der Waals surface area contributed by atoms with Crippen LogP contribution in [0.3, 0.4) is 0 Å². The fourth-order valence-electron chi connectivity index (χ4n) is 1.75. The largest absolute Gasteiger partial charge is 0.387 e. The van der Waals surface area contributed by atoms with Crippen molar-refractivity contribution in [3.8, 4) is 0 Å². The summed E-state index contributed by atoms with van der Waals surface area (Å²) in [6.07, 6.45) is -0.568. The van der Waals surface area contributed by atoms with Crippen molar-refractivity contribution in [1.82, 2.24) is 0 Å². The zero-order valence-corrected chi connectivity index (χ0v) is 9.48. The van der Waals surface area contributed by atoms with Gasteiger partial charge in [-0.15, -0.1) is 0 Å². The standard InChI is InChI=1S/C12H20N2O/c1-3-14(4-2)11-8-6-5-7-10(11)12(15)9-13/h5-8,12,15H,3-4,9,13H2,1-2H3. The van der Waals surface area contributed by atoms with Gasteiger partial charge in [0.05, 0.1) is 6.10 Å². The molecule has 84 valence electrons. The Hall–Kier alpha value is -1.06. The molecular weight excluding hydrogens is 188 g/mol. The van der Waals surface area contributed by atoms with Crippen LogP contribution in [-0.4, -0.2) is 24.7 Å². The van der Waals surface area contributed by atoms with E-state index in [1.165, 1.54) is 0 Å². The summed E-state index contributed by atoms with van der Waals surface area (Å²) in [5.74, 6) is 0. The Morgan fingerprint density at radius 3 is 2.40 bits per heavy atom. The lowest BCUT2D eigenvalue weighted by atomic mass is 10.1. The minimum atomic E-state index is -0.568. The maximum Gasteiger partial charge on any atom is 0.0932 e. The van der Waals surface area contributed by atoms with Crippen LogP contribution in [0.15, 0.2) is 24.3 Å². The Morgan fingerprint density at radius 2 is 1.87 bits per heavy atom. The van der Waals surface area contributed by atoms with Gasteiger partial charge < -0.3 is 15.7 Å². The van der Waals surface area contributed by atoms with E-state index >= 15 is 0 Å². The minimum absolute atomic E-state index is 0.262. The molecule has 1 rings (SSSR count). The number of aliphatic hydroxyl groups is 1. The molecule has 0 fully saturated rings. The quantitative estimate of drug-likeness (QED) is 0.771. The van der Waals surface area contributed by atoms with Crippen molar-refractivity contribution in [3.05, 3.63) is 29.8 Å². The van der Waals surface area contributed by atoms with Crippen molar-refractivity contribution < 1.29 is 5.11 Å². The first-order valence-electron chi connectivity index (χ1n) is 5.46. The SMILES string of the molecule is CCN(CC)c1ccccc1C(O)CN. The van der Waals surface area contributed by atoms with E-state index in [0.717, 1.165) is 24.3 Å². The average Bonchev–Trinajstić information content (AvgIpc) is 2.30. The fourth-order valence-corrected chi connectivity index (χ4v) is 1.75. The van der Waals surface area contributed by atoms with Gasteiger partial charge in [-0.25, -0.2) is 0 Å². The van der Waals surface area contributed by atoms with Gasteiger partial charge in [0.1, 0.15) is 0 Å². The summed E-state index contributed by atoms with van der Waals surface area (Å²) in [7, 11) is 0. The van der Waals surface area contributed by atoms with Crippen LogP contribution in [-0.2, 0) is 0 Å². The Morgan fingerprint density at radius 1 is 1.27 bits per heavy atom. The van der Waals surface area contributed by atoms with Crippen LogP contribution in [0.2, 0.25) is 0 Å². The summed E-state index contributed by atoms with van der Waals surface area (Å²) in [5.41, 5.74) is 7.49. The maximum atomic E-state index is 9.80. The molecule has 1 aromatic carbocycles. The Labute approximate surface area is 91.5 Å². The number of nitrogens with zero attached hydrogens (tertiary/aromatic N) is 1. The van der Waals surface area contributed by atoms with Crippen molar-refractivity contribution >= 4 is 5.69 Å². The highest BCUT2D eigenvalue weighted by Crippen LogP contribution is 2.25. The number of rotatable bonds is 5. The smallest absolute Gasteiger partial charge is 0.0932 e. The van der Waals surface area contributed by atoms with E-state index in [9.17, 15) is 5.11 Å². The molecule has 0 aliphatic carbocycles. The van der Waals surface area contributed by atoms with E-state index in [4.69, 9.17) is 5.73 Å². The lowest BCUT2D eigenvalue weighted by molar-refractivity contribution is 0.187. The van der Waals surface area contributed by atoms with Crippen molar-refractivity contribution in [3.63, 3.8) is 0 Å². The first-order chi connectivity index (χ1) is 7.24. The van der Waals surface area contributed by atoms with E-state index < -0.39 is 6.10 Å². The first-order valence-corrected chi connectivity index (χ1v) is 5.46. The molecule has 0 aliphatic rings. The van der Waals surface area contributed by atoms with Gasteiger partial charge in [-0.05, 0) is 19.9 Å². The van der Waals surface area contributed by atoms with Crippen LogP contribution in [0.25, 0.3) is 0 Å². The zero-order valence-electron chi connectivity index (χ0n) is 9.48. The summed E-state index contributed by atoms with van der Waals surface area (Å²) in [6.45, 7) is 6.35. The van der Waals surface area contributed by atoms with Crippen LogP contribution in [0.1, 0.15) is 25.5 Å². The van der Waals surface area contributed by atoms with Crippen LogP contribution in [0.4, 0.5) is 5.69 Å². The summed E-state index contributed by atoms with van der Waals surface area (Å²) in [6, 6.07) is 7.88. The predicted molar refractivity (Wildman–Crippen MR) is 64.0 cm³/mol. The minimum Gasteiger partial charge on any atom is -0.387 e. The molecule has 1 aromatic rings. The maximum absolute atomic E-state index is 9.80. The first kappa shape index (κ1) is 12.0. The monoisotopic (exact) mass is 208 g/mol. The third-order valence-corrected chi connectivity index (χ3v) is 2.62. The summed E-state index contributed by atoms with van der Waals surface area (Å²) >= 11 is 0. The van der Waals surface area contributed by atoms with Gasteiger partial charge in [-0.2, -0.15) is 0 Å². The van der Waals surface area contributed by atoms with Gasteiger partial charge in [0, 0.05) is 30.9 Å².